The number of benzene rings is 1. The fourth-order valence-electron chi connectivity index (χ4n) is 1.37. The molecule has 0 aliphatic heterocycles. The van der Waals surface area contributed by atoms with E-state index in [0.29, 0.717) is 10.0 Å². The third-order valence-electron chi connectivity index (χ3n) is 2.24. The van der Waals surface area contributed by atoms with E-state index in [1.165, 1.54) is 0 Å². The Kier molecular flexibility index (Phi) is 4.00. The van der Waals surface area contributed by atoms with Gasteiger partial charge in [0.25, 0.3) is 0 Å². The molecule has 0 saturated heterocycles. The van der Waals surface area contributed by atoms with Gasteiger partial charge < -0.3 is 4.90 Å². The summed E-state index contributed by atoms with van der Waals surface area (Å²) in [6.45, 7) is 1.83. The van der Waals surface area contributed by atoms with Crippen LogP contribution in [-0.2, 0) is 4.79 Å². The van der Waals surface area contributed by atoms with Crippen molar-refractivity contribution in [2.45, 2.75) is 12.8 Å². The molecule has 4 heteroatoms. The zero-order valence-corrected chi connectivity index (χ0v) is 10.4. The molecule has 0 heterocycles. The van der Waals surface area contributed by atoms with E-state index in [0.717, 1.165) is 5.56 Å². The van der Waals surface area contributed by atoms with Crippen LogP contribution in [0, 0.1) is 0 Å². The monoisotopic (exact) mass is 245 g/mol. The lowest BCUT2D eigenvalue weighted by Gasteiger charge is -2.18. The Hall–Kier alpha value is -0.730. The topological polar surface area (TPSA) is 20.3 Å². The first-order chi connectivity index (χ1) is 6.93. The molecule has 0 aliphatic rings. The van der Waals surface area contributed by atoms with Crippen LogP contribution in [-0.4, -0.2) is 24.9 Å². The predicted molar refractivity (Wildman–Crippen MR) is 63.6 cm³/mol. The third kappa shape index (κ3) is 2.86. The Labute approximate surface area is 99.8 Å². The van der Waals surface area contributed by atoms with Gasteiger partial charge in [-0.1, -0.05) is 29.3 Å². The summed E-state index contributed by atoms with van der Waals surface area (Å²) in [5.74, 6) is -0.219. The summed E-state index contributed by atoms with van der Waals surface area (Å²) >= 11 is 11.8. The van der Waals surface area contributed by atoms with Crippen LogP contribution < -0.4 is 0 Å². The molecule has 1 atom stereocenters. The number of hydrogen-bond acceptors (Lipinski definition) is 1. The van der Waals surface area contributed by atoms with Gasteiger partial charge in [0, 0.05) is 24.1 Å². The number of carbonyl (C=O) groups is 1. The van der Waals surface area contributed by atoms with Crippen molar-refractivity contribution in [2.75, 3.05) is 14.1 Å². The van der Waals surface area contributed by atoms with Crippen molar-refractivity contribution < 1.29 is 4.79 Å². The fourth-order valence-corrected chi connectivity index (χ4v) is 1.95. The zero-order valence-electron chi connectivity index (χ0n) is 8.92. The van der Waals surface area contributed by atoms with Crippen LogP contribution in [0.2, 0.25) is 10.0 Å². The molecule has 1 aromatic rings. The number of rotatable bonds is 2. The molecule has 1 amide bonds. The highest BCUT2D eigenvalue weighted by atomic mass is 35.5. The highest BCUT2D eigenvalue weighted by Gasteiger charge is 2.19. The second kappa shape index (κ2) is 4.86. The minimum absolute atomic E-state index is 0.0271. The highest BCUT2D eigenvalue weighted by Crippen LogP contribution is 2.28. The van der Waals surface area contributed by atoms with Gasteiger partial charge in [-0.25, -0.2) is 0 Å². The molecule has 0 spiro atoms. The molecule has 0 bridgehead atoms. The molecule has 1 unspecified atom stereocenters. The molecule has 0 radical (unpaired) electrons. The summed E-state index contributed by atoms with van der Waals surface area (Å²) in [6, 6.07) is 5.18. The summed E-state index contributed by atoms with van der Waals surface area (Å²) in [5.41, 5.74) is 0.805. The van der Waals surface area contributed by atoms with Gasteiger partial charge in [0.15, 0.2) is 0 Å². The van der Waals surface area contributed by atoms with Crippen molar-refractivity contribution in [2.24, 2.45) is 0 Å². The van der Waals surface area contributed by atoms with Gasteiger partial charge in [0.2, 0.25) is 5.91 Å². The predicted octanol–water partition coefficient (Wildman–Crippen LogP) is 3.19. The van der Waals surface area contributed by atoms with Gasteiger partial charge >= 0.3 is 0 Å². The maximum Gasteiger partial charge on any atom is 0.229 e. The van der Waals surface area contributed by atoms with Crippen LogP contribution >= 0.6 is 23.2 Å². The second-order valence-corrected chi connectivity index (χ2v) is 4.46. The Morgan fingerprint density at radius 2 is 1.93 bits per heavy atom. The van der Waals surface area contributed by atoms with Crippen molar-refractivity contribution in [3.63, 3.8) is 0 Å². The molecular weight excluding hydrogens is 233 g/mol. The van der Waals surface area contributed by atoms with Crippen molar-refractivity contribution in [1.29, 1.82) is 0 Å². The quantitative estimate of drug-likeness (QED) is 0.784. The average Bonchev–Trinajstić information content (AvgIpc) is 2.15. The van der Waals surface area contributed by atoms with E-state index in [1.54, 1.807) is 37.2 Å². The van der Waals surface area contributed by atoms with Crippen LogP contribution in [0.5, 0.6) is 0 Å². The van der Waals surface area contributed by atoms with Crippen LogP contribution in [0.4, 0.5) is 0 Å². The minimum atomic E-state index is -0.246. The van der Waals surface area contributed by atoms with E-state index in [4.69, 9.17) is 23.2 Å². The van der Waals surface area contributed by atoms with Crippen LogP contribution in [0.3, 0.4) is 0 Å². The first-order valence-electron chi connectivity index (χ1n) is 4.59. The Bertz CT molecular complexity index is 377. The van der Waals surface area contributed by atoms with Gasteiger partial charge in [-0.2, -0.15) is 0 Å². The molecular formula is C11H13Cl2NO. The maximum absolute atomic E-state index is 11.7. The third-order valence-corrected chi connectivity index (χ3v) is 2.80. The molecule has 0 aromatic heterocycles. The summed E-state index contributed by atoms with van der Waals surface area (Å²) in [4.78, 5) is 13.3. The summed E-state index contributed by atoms with van der Waals surface area (Å²) in [6.07, 6.45) is 0. The van der Waals surface area contributed by atoms with Gasteiger partial charge in [0.1, 0.15) is 0 Å². The minimum Gasteiger partial charge on any atom is -0.348 e. The molecule has 0 aliphatic carbocycles. The first kappa shape index (κ1) is 12.3. The fraction of sp³-hybridized carbons (Fsp3) is 0.364. The van der Waals surface area contributed by atoms with Crippen molar-refractivity contribution in [3.8, 4) is 0 Å². The standard InChI is InChI=1S/C11H13Cl2NO/c1-7(11(15)14(2)3)9-5-4-8(12)6-10(9)13/h4-7H,1-3H3. The van der Waals surface area contributed by atoms with E-state index in [9.17, 15) is 4.79 Å². The molecule has 1 aromatic carbocycles. The lowest BCUT2D eigenvalue weighted by Crippen LogP contribution is -2.26. The largest absolute Gasteiger partial charge is 0.348 e. The van der Waals surface area contributed by atoms with Gasteiger partial charge in [-0.3, -0.25) is 4.79 Å². The van der Waals surface area contributed by atoms with Gasteiger partial charge in [-0.15, -0.1) is 0 Å². The highest BCUT2D eigenvalue weighted by molar-refractivity contribution is 6.35. The van der Waals surface area contributed by atoms with E-state index < -0.39 is 0 Å². The SMILES string of the molecule is CC(C(=O)N(C)C)c1ccc(Cl)cc1Cl. The van der Waals surface area contributed by atoms with Crippen molar-refractivity contribution in [3.05, 3.63) is 33.8 Å². The van der Waals surface area contributed by atoms with Crippen molar-refractivity contribution >= 4 is 29.1 Å². The van der Waals surface area contributed by atoms with E-state index >= 15 is 0 Å². The number of amides is 1. The number of likely N-dealkylation sites (N-methyl/N-ethyl adjacent to an activating group) is 1. The zero-order chi connectivity index (χ0) is 11.6. The normalized spacial score (nSPS) is 12.3. The summed E-state index contributed by atoms with van der Waals surface area (Å²) in [7, 11) is 3.45. The molecule has 0 fully saturated rings. The van der Waals surface area contributed by atoms with Crippen LogP contribution in [0.25, 0.3) is 0 Å². The molecule has 82 valence electrons. The van der Waals surface area contributed by atoms with Crippen molar-refractivity contribution in [1.82, 2.24) is 4.90 Å². The van der Waals surface area contributed by atoms with E-state index in [1.807, 2.05) is 6.92 Å². The van der Waals surface area contributed by atoms with Gasteiger partial charge in [-0.05, 0) is 24.6 Å². The number of halogens is 2. The summed E-state index contributed by atoms with van der Waals surface area (Å²) in [5, 5.41) is 1.11. The Balaban J connectivity index is 3.01. The number of carbonyl (C=O) groups excluding carboxylic acids is 1. The molecule has 0 saturated carbocycles. The summed E-state index contributed by atoms with van der Waals surface area (Å²) < 4.78 is 0. The molecule has 15 heavy (non-hydrogen) atoms. The van der Waals surface area contributed by atoms with E-state index in [2.05, 4.69) is 0 Å². The van der Waals surface area contributed by atoms with Crippen LogP contribution in [0.1, 0.15) is 18.4 Å². The van der Waals surface area contributed by atoms with Crippen LogP contribution in [0.15, 0.2) is 18.2 Å². The number of nitrogens with zero attached hydrogens (tertiary/aromatic N) is 1. The number of hydrogen-bond donors (Lipinski definition) is 0. The first-order valence-corrected chi connectivity index (χ1v) is 5.35. The molecule has 1 rings (SSSR count). The molecule has 0 N–H and O–H groups in total. The Morgan fingerprint density at radius 3 is 2.40 bits per heavy atom. The molecule has 2 nitrogen and oxygen atoms in total. The maximum atomic E-state index is 11.7. The van der Waals surface area contributed by atoms with Gasteiger partial charge in [0.05, 0.1) is 5.92 Å². The van der Waals surface area contributed by atoms with E-state index in [-0.39, 0.29) is 11.8 Å². The Morgan fingerprint density at radius 1 is 1.33 bits per heavy atom. The lowest BCUT2D eigenvalue weighted by atomic mass is 10.00. The second-order valence-electron chi connectivity index (χ2n) is 3.62. The lowest BCUT2D eigenvalue weighted by molar-refractivity contribution is -0.129. The average molecular weight is 246 g/mol. The smallest absolute Gasteiger partial charge is 0.229 e.